The Bertz CT molecular complexity index is 1950. The second-order valence-corrected chi connectivity index (χ2v) is 24.2. The summed E-state index contributed by atoms with van der Waals surface area (Å²) in [4.78, 5) is 39.5. The first kappa shape index (κ1) is 51.5. The molecule has 0 aliphatic carbocycles. The number of aromatic nitrogens is 3. The fraction of sp³-hybridized carbons (Fsp3) is 0.615. The fourth-order valence-corrected chi connectivity index (χ4v) is 7.55. The van der Waals surface area contributed by atoms with Crippen molar-refractivity contribution in [2.45, 2.75) is 99.5 Å². The van der Waals surface area contributed by atoms with Crippen molar-refractivity contribution < 1.29 is 57.5 Å². The summed E-state index contributed by atoms with van der Waals surface area (Å²) in [6, 6.07) is 0. The summed E-state index contributed by atoms with van der Waals surface area (Å²) in [7, 11) is -8.92. The number of rotatable bonds is 16. The number of pyridine rings is 3. The van der Waals surface area contributed by atoms with Gasteiger partial charge in [0.15, 0.2) is 7.37 Å². The molecule has 0 aromatic carbocycles. The van der Waals surface area contributed by atoms with Gasteiger partial charge in [-0.2, -0.15) is 0 Å². The van der Waals surface area contributed by atoms with Crippen LogP contribution in [0.25, 0.3) is 0 Å². The van der Waals surface area contributed by atoms with Crippen LogP contribution in [0, 0.1) is 20.8 Å². The van der Waals surface area contributed by atoms with E-state index in [0.29, 0.717) is 62.4 Å². The third-order valence-electron chi connectivity index (χ3n) is 9.28. The molecule has 21 heteroatoms. The maximum atomic E-state index is 11.7. The third-order valence-corrected chi connectivity index (χ3v) is 12.4. The van der Waals surface area contributed by atoms with Gasteiger partial charge in [0.2, 0.25) is 11.6 Å². The molecule has 0 saturated heterocycles. The number of nitrogens with one attached hydrogen (secondary N) is 3. The monoisotopic (exact) mass is 902 g/mol. The van der Waals surface area contributed by atoms with E-state index in [2.05, 4.69) is 30.9 Å². The van der Waals surface area contributed by atoms with Gasteiger partial charge in [-0.1, -0.05) is 0 Å². The van der Waals surface area contributed by atoms with Crippen LogP contribution in [0.1, 0.15) is 78.2 Å². The Balaban J connectivity index is 0.000000241. The van der Waals surface area contributed by atoms with E-state index < -0.39 is 33.7 Å². The van der Waals surface area contributed by atoms with Crippen molar-refractivity contribution >= 4 is 22.1 Å². The van der Waals surface area contributed by atoms with E-state index in [4.69, 9.17) is 33.6 Å². The van der Waals surface area contributed by atoms with Crippen molar-refractivity contribution in [3.05, 3.63) is 69.1 Å². The lowest BCUT2D eigenvalue weighted by molar-refractivity contribution is -0.181. The number of aromatic hydroxyl groups is 1. The number of hydrogen-bond acceptors (Lipinski definition) is 15. The van der Waals surface area contributed by atoms with Crippen molar-refractivity contribution in [2.24, 2.45) is 0 Å². The summed E-state index contributed by atoms with van der Waals surface area (Å²) in [5.41, 5.74) is 7.28. The highest BCUT2D eigenvalue weighted by atomic mass is 31.2. The molecule has 1 atom stereocenters. The lowest BCUT2D eigenvalue weighted by Gasteiger charge is -2.34. The Morgan fingerprint density at radius 1 is 0.650 bits per heavy atom. The lowest BCUT2D eigenvalue weighted by Crippen LogP contribution is -2.36. The first-order valence-electron chi connectivity index (χ1n) is 19.6. The zero-order valence-corrected chi connectivity index (χ0v) is 39.2. The molecule has 0 radical (unpaired) electrons. The highest BCUT2D eigenvalue weighted by Gasteiger charge is 2.31. The highest BCUT2D eigenvalue weighted by molar-refractivity contribution is 7.62. The molecule has 60 heavy (non-hydrogen) atoms. The quantitative estimate of drug-likeness (QED) is 0.0720. The molecule has 0 spiro atoms. The summed E-state index contributed by atoms with van der Waals surface area (Å²) in [5.74, 6) is 0.289. The van der Waals surface area contributed by atoms with Crippen LogP contribution in [0.4, 0.5) is 0 Å². The van der Waals surface area contributed by atoms with Gasteiger partial charge in [0, 0.05) is 121 Å². The SMILES string of the molecule is Cc1ncc(CNCCP(=O)(O)O)c2c1OC(C)(C)OC2.Cc1ncc(CNCCP(C)(=O)O)c(CO)c1O.Cc1ncc(CNCCP(C)(C)=O)c2c1OC(C)(C)OC2. The van der Waals surface area contributed by atoms with Gasteiger partial charge in [-0.3, -0.25) is 24.1 Å². The molecular weight excluding hydrogens is 837 g/mol. The zero-order chi connectivity index (χ0) is 45.1. The van der Waals surface area contributed by atoms with Gasteiger partial charge in [0.1, 0.15) is 17.2 Å². The smallest absolute Gasteiger partial charge is 0.326 e. The number of ether oxygens (including phenoxy) is 4. The molecule has 0 saturated carbocycles. The van der Waals surface area contributed by atoms with Crippen molar-refractivity contribution in [1.29, 1.82) is 0 Å². The molecule has 0 amide bonds. The second kappa shape index (κ2) is 22.0. The molecule has 338 valence electrons. The average molecular weight is 903 g/mol. The van der Waals surface area contributed by atoms with Crippen LogP contribution in [0.15, 0.2) is 18.6 Å². The second-order valence-electron chi connectivity index (χ2n) is 16.3. The summed E-state index contributed by atoms with van der Waals surface area (Å²) in [5, 5.41) is 28.3. The summed E-state index contributed by atoms with van der Waals surface area (Å²) in [6.45, 7) is 21.5. The van der Waals surface area contributed by atoms with Crippen LogP contribution >= 0.6 is 22.1 Å². The summed E-state index contributed by atoms with van der Waals surface area (Å²) >= 11 is 0. The van der Waals surface area contributed by atoms with E-state index in [0.717, 1.165) is 51.7 Å². The molecule has 0 fully saturated rings. The van der Waals surface area contributed by atoms with Gasteiger partial charge in [-0.05, 0) is 50.8 Å². The molecule has 2 aliphatic rings. The Kier molecular flexibility index (Phi) is 18.9. The van der Waals surface area contributed by atoms with Crippen molar-refractivity contribution in [2.75, 3.05) is 58.1 Å². The Morgan fingerprint density at radius 3 is 1.47 bits per heavy atom. The molecule has 1 unspecified atom stereocenters. The number of nitrogens with zero attached hydrogens (tertiary/aromatic N) is 3. The molecule has 3 aromatic heterocycles. The fourth-order valence-electron chi connectivity index (χ4n) is 5.83. The minimum absolute atomic E-state index is 0.000112. The van der Waals surface area contributed by atoms with Crippen molar-refractivity contribution in [1.82, 2.24) is 30.9 Å². The van der Waals surface area contributed by atoms with Crippen LogP contribution in [-0.2, 0) is 62.6 Å². The predicted molar refractivity (Wildman–Crippen MR) is 230 cm³/mol. The molecule has 0 bridgehead atoms. The highest BCUT2D eigenvalue weighted by Crippen LogP contribution is 2.38. The van der Waals surface area contributed by atoms with Crippen LogP contribution in [0.3, 0.4) is 0 Å². The predicted octanol–water partition coefficient (Wildman–Crippen LogP) is 4.63. The van der Waals surface area contributed by atoms with E-state index in [1.54, 1.807) is 19.3 Å². The maximum absolute atomic E-state index is 11.7. The number of aryl methyl sites for hydroxylation is 3. The van der Waals surface area contributed by atoms with E-state index in [9.17, 15) is 23.9 Å². The zero-order valence-electron chi connectivity index (χ0n) is 36.5. The number of fused-ring (bicyclic) bond motifs is 2. The van der Waals surface area contributed by atoms with E-state index in [-0.39, 0.29) is 31.2 Å². The number of aliphatic hydroxyl groups is 1. The summed E-state index contributed by atoms with van der Waals surface area (Å²) in [6.07, 6.45) is 5.89. The van der Waals surface area contributed by atoms with Crippen LogP contribution in [-0.4, -0.2) is 110 Å². The Hall–Kier alpha value is -2.82. The molecule has 8 N–H and O–H groups in total. The molecule has 5 rings (SSSR count). The van der Waals surface area contributed by atoms with Crippen molar-refractivity contribution in [3.8, 4) is 17.2 Å². The topological polar surface area (TPSA) is 264 Å². The molecule has 18 nitrogen and oxygen atoms in total. The standard InChI is InChI=1S/C15H25N2O3P.C13H21N2O5P.C11H19N2O4P/c1-11-14-13(10-19-15(2,3)20-14)12(9-17-11)8-16-6-7-21(4,5)18;1-9-12-11(8-19-13(2,3)20-12)10(7-15-9)6-14-4-5-21(16,17)18;1-8-11(15)10(7-14)9(6-13-8)5-12-3-4-18(2,16)17/h9,16H,6-8,10H2,1-5H3;7,14H,4-6,8H2,1-3H3,(H2,16,17,18);6,12,14-15H,3-5,7H2,1-2H3,(H,16,17). The minimum atomic E-state index is -3.96. The van der Waals surface area contributed by atoms with Gasteiger partial charge in [-0.15, -0.1) is 0 Å². The first-order valence-corrected chi connectivity index (χ1v) is 26.5. The minimum Gasteiger partial charge on any atom is -0.506 e. The molecule has 5 heterocycles. The molecule has 3 aromatic rings. The van der Waals surface area contributed by atoms with Gasteiger partial charge < -0.3 is 64.4 Å². The van der Waals surface area contributed by atoms with Gasteiger partial charge in [-0.25, -0.2) is 0 Å². The average Bonchev–Trinajstić information content (AvgIpc) is 3.12. The number of hydrogen-bond donors (Lipinski definition) is 8. The Labute approximate surface area is 353 Å². The van der Waals surface area contributed by atoms with Crippen LogP contribution in [0.2, 0.25) is 0 Å². The van der Waals surface area contributed by atoms with Crippen LogP contribution in [0.5, 0.6) is 17.2 Å². The Morgan fingerprint density at radius 2 is 1.05 bits per heavy atom. The number of aliphatic hydroxyl groups excluding tert-OH is 1. The van der Waals surface area contributed by atoms with E-state index in [1.165, 1.54) is 6.66 Å². The first-order chi connectivity index (χ1) is 27.7. The molecular formula is C39H65N6O12P3. The third kappa shape index (κ3) is 17.5. The lowest BCUT2D eigenvalue weighted by atomic mass is 10.1. The molecule has 2 aliphatic heterocycles. The van der Waals surface area contributed by atoms with E-state index >= 15 is 0 Å². The maximum Gasteiger partial charge on any atom is 0.326 e. The largest absolute Gasteiger partial charge is 0.506 e. The van der Waals surface area contributed by atoms with Gasteiger partial charge in [0.25, 0.3) is 0 Å². The summed E-state index contributed by atoms with van der Waals surface area (Å²) < 4.78 is 56.6. The van der Waals surface area contributed by atoms with Gasteiger partial charge >= 0.3 is 7.60 Å². The normalized spacial score (nSPS) is 16.4. The van der Waals surface area contributed by atoms with Crippen LogP contribution < -0.4 is 25.4 Å². The van der Waals surface area contributed by atoms with Crippen molar-refractivity contribution in [3.63, 3.8) is 0 Å². The van der Waals surface area contributed by atoms with E-state index in [1.807, 2.05) is 61.1 Å². The van der Waals surface area contributed by atoms with Gasteiger partial charge in [0.05, 0.1) is 50.2 Å².